The van der Waals surface area contributed by atoms with Gasteiger partial charge in [0.25, 0.3) is 5.56 Å². The van der Waals surface area contributed by atoms with Crippen molar-refractivity contribution in [3.8, 4) is 21.9 Å². The highest BCUT2D eigenvalue weighted by Crippen LogP contribution is 2.35. The molecule has 0 atom stereocenters. The van der Waals surface area contributed by atoms with Crippen molar-refractivity contribution < 1.29 is 14.3 Å². The molecule has 1 aliphatic rings. The number of benzene rings is 1. The number of rotatable bonds is 4. The lowest BCUT2D eigenvalue weighted by molar-refractivity contribution is 0.0969. The summed E-state index contributed by atoms with van der Waals surface area (Å²) in [4.78, 5) is 33.2. The second-order valence-electron chi connectivity index (χ2n) is 6.70. The van der Waals surface area contributed by atoms with Crippen molar-refractivity contribution >= 4 is 38.7 Å². The molecule has 0 saturated carbocycles. The normalized spacial score (nSPS) is 13.0. The van der Waals surface area contributed by atoms with Gasteiger partial charge in [-0.25, -0.2) is 4.98 Å². The number of ether oxygens (including phenoxy) is 2. The van der Waals surface area contributed by atoms with Gasteiger partial charge in [0.2, 0.25) is 0 Å². The summed E-state index contributed by atoms with van der Waals surface area (Å²) in [5.74, 6) is 0.993. The van der Waals surface area contributed by atoms with Crippen molar-refractivity contribution in [3.63, 3.8) is 0 Å². The largest absolute Gasteiger partial charge is 0.486 e. The molecule has 0 aliphatic carbocycles. The minimum Gasteiger partial charge on any atom is -0.486 e. The van der Waals surface area contributed by atoms with Gasteiger partial charge in [0.15, 0.2) is 17.3 Å². The Morgan fingerprint density at radius 2 is 2.00 bits per heavy atom. The molecule has 6 nitrogen and oxygen atoms in total. The van der Waals surface area contributed by atoms with E-state index in [0.717, 1.165) is 10.4 Å². The van der Waals surface area contributed by atoms with Gasteiger partial charge in [-0.15, -0.1) is 22.7 Å². The number of nitrogens with zero attached hydrogens (tertiary/aromatic N) is 2. The fourth-order valence-electron chi connectivity index (χ4n) is 3.30. The summed E-state index contributed by atoms with van der Waals surface area (Å²) in [7, 11) is 0. The number of fused-ring (bicyclic) bond motifs is 2. The summed E-state index contributed by atoms with van der Waals surface area (Å²) in [5, 5.41) is 2.52. The lowest BCUT2D eigenvalue weighted by atomic mass is 10.1. The third kappa shape index (κ3) is 3.24. The maximum Gasteiger partial charge on any atom is 0.263 e. The van der Waals surface area contributed by atoms with Crippen LogP contribution in [0.5, 0.6) is 11.5 Å². The maximum absolute atomic E-state index is 13.1. The third-order valence-corrected chi connectivity index (χ3v) is 6.66. The first-order chi connectivity index (χ1) is 14.1. The summed E-state index contributed by atoms with van der Waals surface area (Å²) in [6, 6.07) is 9.13. The average Bonchev–Trinajstić information content (AvgIpc) is 3.36. The highest BCUT2D eigenvalue weighted by atomic mass is 32.1. The summed E-state index contributed by atoms with van der Waals surface area (Å²) in [5.41, 5.74) is 1.14. The van der Waals surface area contributed by atoms with Crippen molar-refractivity contribution in [1.29, 1.82) is 0 Å². The number of thiophene rings is 2. The van der Waals surface area contributed by atoms with Gasteiger partial charge in [0.05, 0.1) is 18.3 Å². The number of hydrogen-bond donors (Lipinski definition) is 0. The topological polar surface area (TPSA) is 70.4 Å². The van der Waals surface area contributed by atoms with Crippen molar-refractivity contribution in [2.75, 3.05) is 13.2 Å². The number of ketones is 1. The molecular formula is C21H16N2O4S2. The van der Waals surface area contributed by atoms with Gasteiger partial charge in [-0.3, -0.25) is 14.2 Å². The van der Waals surface area contributed by atoms with Crippen LogP contribution in [0, 0.1) is 6.92 Å². The van der Waals surface area contributed by atoms with E-state index in [0.29, 0.717) is 40.5 Å². The Labute approximate surface area is 174 Å². The van der Waals surface area contributed by atoms with E-state index in [-0.39, 0.29) is 17.9 Å². The molecule has 1 aromatic carbocycles. The second kappa shape index (κ2) is 7.13. The van der Waals surface area contributed by atoms with Gasteiger partial charge in [0, 0.05) is 26.3 Å². The van der Waals surface area contributed by atoms with E-state index < -0.39 is 0 Å². The number of aryl methyl sites for hydroxylation is 1. The number of carbonyl (C=O) groups is 1. The fraction of sp³-hybridized carbons (Fsp3) is 0.190. The zero-order chi connectivity index (χ0) is 20.0. The Morgan fingerprint density at radius 3 is 2.79 bits per heavy atom. The molecule has 3 aromatic heterocycles. The van der Waals surface area contributed by atoms with Crippen LogP contribution in [0.2, 0.25) is 0 Å². The standard InChI is InChI=1S/C21H16N2O4S2/c1-12-2-5-18(29-12)14-10-28-20-19(14)21(25)23(11-22-20)9-15(24)13-3-4-16-17(8-13)27-7-6-26-16/h2-5,8,10-11H,6-7,9H2,1H3. The molecule has 29 heavy (non-hydrogen) atoms. The van der Waals surface area contributed by atoms with Gasteiger partial charge < -0.3 is 9.47 Å². The molecule has 0 radical (unpaired) electrons. The second-order valence-corrected chi connectivity index (χ2v) is 8.85. The van der Waals surface area contributed by atoms with Crippen molar-refractivity contribution in [2.45, 2.75) is 13.5 Å². The summed E-state index contributed by atoms with van der Waals surface area (Å²) in [6.45, 7) is 2.90. The Balaban J connectivity index is 1.50. The molecule has 4 heterocycles. The first-order valence-electron chi connectivity index (χ1n) is 9.06. The Morgan fingerprint density at radius 1 is 1.17 bits per heavy atom. The number of carbonyl (C=O) groups excluding carboxylic acids is 1. The molecule has 4 aromatic rings. The average molecular weight is 425 g/mol. The van der Waals surface area contributed by atoms with E-state index in [4.69, 9.17) is 9.47 Å². The SMILES string of the molecule is Cc1ccc(-c2csc3ncn(CC(=O)c4ccc5c(c4)OCCO5)c(=O)c23)s1. The van der Waals surface area contributed by atoms with Crippen LogP contribution in [0.4, 0.5) is 0 Å². The summed E-state index contributed by atoms with van der Waals surface area (Å²) < 4.78 is 12.4. The van der Waals surface area contributed by atoms with E-state index in [1.807, 2.05) is 24.4 Å². The Kier molecular flexibility index (Phi) is 4.44. The van der Waals surface area contributed by atoms with Gasteiger partial charge in [0.1, 0.15) is 18.0 Å². The Bertz CT molecular complexity index is 1300. The molecule has 0 fully saturated rings. The van der Waals surface area contributed by atoms with Crippen LogP contribution in [0.25, 0.3) is 20.7 Å². The minimum absolute atomic E-state index is 0.0832. The molecule has 0 saturated heterocycles. The van der Waals surface area contributed by atoms with E-state index in [1.54, 1.807) is 29.5 Å². The van der Waals surface area contributed by atoms with Crippen LogP contribution in [0.3, 0.4) is 0 Å². The number of hydrogen-bond acceptors (Lipinski definition) is 7. The van der Waals surface area contributed by atoms with Gasteiger partial charge in [-0.05, 0) is 37.3 Å². The lowest BCUT2D eigenvalue weighted by Gasteiger charge is -2.18. The van der Waals surface area contributed by atoms with Crippen molar-refractivity contribution in [1.82, 2.24) is 9.55 Å². The number of aromatic nitrogens is 2. The smallest absolute Gasteiger partial charge is 0.263 e. The van der Waals surface area contributed by atoms with Gasteiger partial charge >= 0.3 is 0 Å². The van der Waals surface area contributed by atoms with Crippen LogP contribution in [0.1, 0.15) is 15.2 Å². The fourth-order valence-corrected chi connectivity index (χ4v) is 5.17. The van der Waals surface area contributed by atoms with E-state index >= 15 is 0 Å². The maximum atomic E-state index is 13.1. The zero-order valence-corrected chi connectivity index (χ0v) is 17.1. The molecule has 8 heteroatoms. The predicted octanol–water partition coefficient (Wildman–Crippen LogP) is 4.15. The van der Waals surface area contributed by atoms with Crippen LogP contribution in [-0.2, 0) is 6.54 Å². The predicted molar refractivity (Wildman–Crippen MR) is 114 cm³/mol. The Hall–Kier alpha value is -2.97. The highest BCUT2D eigenvalue weighted by molar-refractivity contribution is 7.19. The van der Waals surface area contributed by atoms with Crippen LogP contribution >= 0.6 is 22.7 Å². The quantitative estimate of drug-likeness (QED) is 0.460. The molecular weight excluding hydrogens is 408 g/mol. The number of Topliss-reactive ketones (excluding diaryl/α,β-unsaturated/α-hetero) is 1. The van der Waals surface area contributed by atoms with Crippen LogP contribution in [0.15, 0.2) is 46.8 Å². The molecule has 0 unspecified atom stereocenters. The van der Waals surface area contributed by atoms with Crippen LogP contribution < -0.4 is 15.0 Å². The van der Waals surface area contributed by atoms with Gasteiger partial charge in [-0.2, -0.15) is 0 Å². The van der Waals surface area contributed by atoms with Crippen molar-refractivity contribution in [2.24, 2.45) is 0 Å². The third-order valence-electron chi connectivity index (χ3n) is 4.74. The minimum atomic E-state index is -0.205. The van der Waals surface area contributed by atoms with Crippen molar-refractivity contribution in [3.05, 3.63) is 62.8 Å². The molecule has 0 N–H and O–H groups in total. The monoisotopic (exact) mass is 424 g/mol. The lowest BCUT2D eigenvalue weighted by Crippen LogP contribution is -2.24. The van der Waals surface area contributed by atoms with Crippen LogP contribution in [-0.4, -0.2) is 28.5 Å². The molecule has 0 bridgehead atoms. The molecule has 1 aliphatic heterocycles. The van der Waals surface area contributed by atoms with E-state index in [1.165, 1.54) is 27.1 Å². The first kappa shape index (κ1) is 18.1. The summed E-state index contributed by atoms with van der Waals surface area (Å²) >= 11 is 3.08. The molecule has 5 rings (SSSR count). The van der Waals surface area contributed by atoms with E-state index in [2.05, 4.69) is 4.98 Å². The first-order valence-corrected chi connectivity index (χ1v) is 10.8. The van der Waals surface area contributed by atoms with E-state index in [9.17, 15) is 9.59 Å². The molecule has 0 spiro atoms. The molecule has 146 valence electrons. The molecule has 0 amide bonds. The van der Waals surface area contributed by atoms with Gasteiger partial charge in [-0.1, -0.05) is 0 Å². The summed E-state index contributed by atoms with van der Waals surface area (Å²) in [6.07, 6.45) is 1.44. The zero-order valence-electron chi connectivity index (χ0n) is 15.5. The highest BCUT2D eigenvalue weighted by Gasteiger charge is 2.18.